The van der Waals surface area contributed by atoms with E-state index in [9.17, 15) is 22.8 Å². The third-order valence-corrected chi connectivity index (χ3v) is 5.31. The molecule has 1 saturated heterocycles. The first-order chi connectivity index (χ1) is 15.1. The first-order valence-electron chi connectivity index (χ1n) is 9.98. The van der Waals surface area contributed by atoms with Gasteiger partial charge in [0.15, 0.2) is 6.10 Å². The first kappa shape index (κ1) is 23.7. The summed E-state index contributed by atoms with van der Waals surface area (Å²) in [5.74, 6) is -0.134. The third-order valence-electron chi connectivity index (χ3n) is 4.98. The lowest BCUT2D eigenvalue weighted by atomic mass is 10.1. The van der Waals surface area contributed by atoms with E-state index in [1.807, 2.05) is 0 Å². The fourth-order valence-electron chi connectivity index (χ4n) is 3.17. The molecule has 2 aromatic rings. The molecule has 172 valence electrons. The van der Waals surface area contributed by atoms with Crippen LogP contribution in [0.2, 0.25) is 5.02 Å². The minimum atomic E-state index is -4.46. The summed E-state index contributed by atoms with van der Waals surface area (Å²) in [5, 5.41) is 2.92. The molecule has 0 aromatic heterocycles. The number of carbonyl (C=O) groups excluding carboxylic acids is 2. The summed E-state index contributed by atoms with van der Waals surface area (Å²) < 4.78 is 47.9. The third kappa shape index (κ3) is 6.29. The molecule has 10 heteroatoms. The van der Waals surface area contributed by atoms with Crippen LogP contribution in [0.15, 0.2) is 48.5 Å². The summed E-state index contributed by atoms with van der Waals surface area (Å²) in [6.45, 7) is 1.76. The SMILES string of the molecule is CC(Oc1ccc(NC(=O)OC2CCN(C(=O)c3ccccc3Cl)CC2)cc1)C(F)(F)F. The van der Waals surface area contributed by atoms with Gasteiger partial charge < -0.3 is 14.4 Å². The maximum atomic E-state index is 12.6. The average molecular weight is 471 g/mol. The average Bonchev–Trinajstić information content (AvgIpc) is 2.75. The predicted molar refractivity (Wildman–Crippen MR) is 113 cm³/mol. The summed E-state index contributed by atoms with van der Waals surface area (Å²) >= 11 is 6.08. The number of likely N-dealkylation sites (tertiary alicyclic amines) is 1. The van der Waals surface area contributed by atoms with Crippen LogP contribution in [0.3, 0.4) is 0 Å². The molecule has 0 aliphatic carbocycles. The molecule has 0 spiro atoms. The Morgan fingerprint density at radius 2 is 1.72 bits per heavy atom. The number of anilines is 1. The molecule has 0 saturated carbocycles. The lowest BCUT2D eigenvalue weighted by molar-refractivity contribution is -0.189. The van der Waals surface area contributed by atoms with Gasteiger partial charge in [0, 0.05) is 31.6 Å². The number of carbonyl (C=O) groups is 2. The van der Waals surface area contributed by atoms with Crippen molar-refractivity contribution >= 4 is 29.3 Å². The Bertz CT molecular complexity index is 945. The Kier molecular flexibility index (Phi) is 7.50. The van der Waals surface area contributed by atoms with Crippen molar-refractivity contribution in [3.05, 3.63) is 59.1 Å². The quantitative estimate of drug-likeness (QED) is 0.624. The van der Waals surface area contributed by atoms with Crippen LogP contribution in [0.1, 0.15) is 30.1 Å². The van der Waals surface area contributed by atoms with Gasteiger partial charge in [0.1, 0.15) is 11.9 Å². The zero-order valence-electron chi connectivity index (χ0n) is 17.2. The summed E-state index contributed by atoms with van der Waals surface area (Å²) in [6, 6.07) is 12.3. The Morgan fingerprint density at radius 1 is 1.09 bits per heavy atom. The topological polar surface area (TPSA) is 67.9 Å². The number of nitrogens with zero attached hydrogens (tertiary/aromatic N) is 1. The molecule has 1 heterocycles. The van der Waals surface area contributed by atoms with Gasteiger partial charge >= 0.3 is 12.3 Å². The zero-order chi connectivity index (χ0) is 23.3. The van der Waals surface area contributed by atoms with E-state index in [0.717, 1.165) is 6.92 Å². The highest BCUT2D eigenvalue weighted by molar-refractivity contribution is 6.33. The highest BCUT2D eigenvalue weighted by Crippen LogP contribution is 2.26. The minimum absolute atomic E-state index is 0.0318. The van der Waals surface area contributed by atoms with Gasteiger partial charge in [0.05, 0.1) is 10.6 Å². The summed E-state index contributed by atoms with van der Waals surface area (Å²) in [5.41, 5.74) is 0.789. The number of hydrogen-bond donors (Lipinski definition) is 1. The monoisotopic (exact) mass is 470 g/mol. The second-order valence-corrected chi connectivity index (χ2v) is 7.73. The summed E-state index contributed by atoms with van der Waals surface area (Å²) in [4.78, 5) is 26.4. The van der Waals surface area contributed by atoms with Crippen molar-refractivity contribution in [2.45, 2.75) is 38.1 Å². The van der Waals surface area contributed by atoms with Gasteiger partial charge in [0.25, 0.3) is 5.91 Å². The number of benzene rings is 2. The lowest BCUT2D eigenvalue weighted by Crippen LogP contribution is -2.41. The number of piperidine rings is 1. The van der Waals surface area contributed by atoms with Crippen LogP contribution in [0.4, 0.5) is 23.7 Å². The van der Waals surface area contributed by atoms with Crippen molar-refractivity contribution in [1.29, 1.82) is 0 Å². The lowest BCUT2D eigenvalue weighted by Gasteiger charge is -2.31. The highest BCUT2D eigenvalue weighted by atomic mass is 35.5. The number of nitrogens with one attached hydrogen (secondary N) is 1. The number of ether oxygens (including phenoxy) is 2. The van der Waals surface area contributed by atoms with Crippen LogP contribution in [0.25, 0.3) is 0 Å². The largest absolute Gasteiger partial charge is 0.481 e. The van der Waals surface area contributed by atoms with Gasteiger partial charge in [-0.1, -0.05) is 23.7 Å². The van der Waals surface area contributed by atoms with Crippen LogP contribution in [0.5, 0.6) is 5.75 Å². The Labute approximate surface area is 188 Å². The zero-order valence-corrected chi connectivity index (χ0v) is 17.9. The fourth-order valence-corrected chi connectivity index (χ4v) is 3.38. The maximum absolute atomic E-state index is 12.6. The van der Waals surface area contributed by atoms with Crippen molar-refractivity contribution < 1.29 is 32.2 Å². The Balaban J connectivity index is 1.45. The molecular weight excluding hydrogens is 449 g/mol. The fraction of sp³-hybridized carbons (Fsp3) is 0.364. The molecule has 0 radical (unpaired) electrons. The summed E-state index contributed by atoms with van der Waals surface area (Å²) in [6.07, 6.45) is -6.49. The molecular formula is C22H22ClF3N2O4. The van der Waals surface area contributed by atoms with E-state index in [2.05, 4.69) is 5.32 Å². The first-order valence-corrected chi connectivity index (χ1v) is 10.4. The predicted octanol–water partition coefficient (Wildman–Crippen LogP) is 5.52. The molecule has 0 bridgehead atoms. The second-order valence-electron chi connectivity index (χ2n) is 7.33. The molecule has 1 unspecified atom stereocenters. The molecule has 2 aromatic carbocycles. The maximum Gasteiger partial charge on any atom is 0.425 e. The molecule has 1 aliphatic rings. The van der Waals surface area contributed by atoms with Crippen LogP contribution < -0.4 is 10.1 Å². The number of hydrogen-bond acceptors (Lipinski definition) is 4. The molecule has 1 N–H and O–H groups in total. The van der Waals surface area contributed by atoms with Crippen molar-refractivity contribution in [2.75, 3.05) is 18.4 Å². The van der Waals surface area contributed by atoms with Crippen LogP contribution >= 0.6 is 11.6 Å². The van der Waals surface area contributed by atoms with Crippen LogP contribution in [0, 0.1) is 0 Å². The van der Waals surface area contributed by atoms with E-state index in [-0.39, 0.29) is 17.8 Å². The number of amides is 2. The number of rotatable bonds is 5. The van der Waals surface area contributed by atoms with Gasteiger partial charge in [0.2, 0.25) is 0 Å². The molecule has 3 rings (SSSR count). The van der Waals surface area contributed by atoms with E-state index in [4.69, 9.17) is 21.1 Å². The van der Waals surface area contributed by atoms with E-state index in [1.165, 1.54) is 24.3 Å². The number of halogens is 4. The smallest absolute Gasteiger partial charge is 0.425 e. The highest BCUT2D eigenvalue weighted by Gasteiger charge is 2.38. The van der Waals surface area contributed by atoms with Crippen LogP contribution in [-0.4, -0.2) is 48.4 Å². The Morgan fingerprint density at radius 3 is 2.31 bits per heavy atom. The van der Waals surface area contributed by atoms with Gasteiger partial charge in [-0.15, -0.1) is 0 Å². The number of alkyl halides is 3. The van der Waals surface area contributed by atoms with Crippen LogP contribution in [-0.2, 0) is 4.74 Å². The molecule has 1 fully saturated rings. The molecule has 1 aliphatic heterocycles. The minimum Gasteiger partial charge on any atom is -0.481 e. The Hall–Kier alpha value is -2.94. The second kappa shape index (κ2) is 10.1. The van der Waals surface area contributed by atoms with Gasteiger partial charge in [-0.3, -0.25) is 10.1 Å². The molecule has 6 nitrogen and oxygen atoms in total. The van der Waals surface area contributed by atoms with E-state index in [0.29, 0.717) is 42.2 Å². The van der Waals surface area contributed by atoms with E-state index in [1.54, 1.807) is 29.2 Å². The van der Waals surface area contributed by atoms with Gasteiger partial charge in [-0.25, -0.2) is 4.79 Å². The van der Waals surface area contributed by atoms with E-state index < -0.39 is 18.4 Å². The molecule has 2 amide bonds. The van der Waals surface area contributed by atoms with Crippen molar-refractivity contribution in [3.8, 4) is 5.75 Å². The van der Waals surface area contributed by atoms with Crippen molar-refractivity contribution in [3.63, 3.8) is 0 Å². The summed E-state index contributed by atoms with van der Waals surface area (Å²) in [7, 11) is 0. The molecule has 1 atom stereocenters. The molecule has 32 heavy (non-hydrogen) atoms. The van der Waals surface area contributed by atoms with Crippen molar-refractivity contribution in [1.82, 2.24) is 4.90 Å². The normalized spacial score (nSPS) is 15.7. The van der Waals surface area contributed by atoms with Gasteiger partial charge in [-0.05, 0) is 43.3 Å². The van der Waals surface area contributed by atoms with E-state index >= 15 is 0 Å². The standard InChI is InChI=1S/C22H22ClF3N2O4/c1-14(22(24,25)26)31-16-8-6-15(7-9-16)27-21(30)32-17-10-12-28(13-11-17)20(29)18-4-2-3-5-19(18)23/h2-9,14,17H,10-13H2,1H3,(H,27,30). The van der Waals surface area contributed by atoms with Gasteiger partial charge in [-0.2, -0.15) is 13.2 Å². The van der Waals surface area contributed by atoms with Crippen molar-refractivity contribution in [2.24, 2.45) is 0 Å².